The van der Waals surface area contributed by atoms with Gasteiger partial charge in [-0.05, 0) is 58.7 Å². The Hall–Kier alpha value is -7.63. The maximum Gasteiger partial charge on any atom is 0.179 e. The van der Waals surface area contributed by atoms with Gasteiger partial charge in [0.15, 0.2) is 5.82 Å². The van der Waals surface area contributed by atoms with Gasteiger partial charge in [0.05, 0.1) is 33.8 Å². The van der Waals surface area contributed by atoms with Crippen LogP contribution in [0.2, 0.25) is 0 Å². The topological polar surface area (TPSA) is 64.5 Å². The van der Waals surface area contributed by atoms with Gasteiger partial charge in [-0.1, -0.05) is 158 Å². The van der Waals surface area contributed by atoms with E-state index in [1.54, 1.807) is 6.20 Å². The van der Waals surface area contributed by atoms with E-state index in [-0.39, 0.29) is 0 Å². The van der Waals surface area contributed by atoms with Crippen molar-refractivity contribution < 1.29 is 0 Å². The van der Waals surface area contributed by atoms with Crippen molar-refractivity contribution in [1.29, 1.82) is 0 Å². The molecule has 0 saturated heterocycles. The molecule has 5 nitrogen and oxygen atoms in total. The Morgan fingerprint density at radius 3 is 1.52 bits per heavy atom. The molecule has 6 aromatic carbocycles. The Kier molecular flexibility index (Phi) is 8.43. The summed E-state index contributed by atoms with van der Waals surface area (Å²) in [5, 5.41) is 2.12. The molecule has 0 bridgehead atoms. The first-order chi connectivity index (χ1) is 27.7. The minimum absolute atomic E-state index is 0.593. The highest BCUT2D eigenvalue weighted by Crippen LogP contribution is 2.37. The van der Waals surface area contributed by atoms with Gasteiger partial charge in [-0.3, -0.25) is 4.98 Å². The molecule has 0 spiro atoms. The molecular weight excluding hydrogens is 683 g/mol. The van der Waals surface area contributed by atoms with Crippen LogP contribution in [-0.4, -0.2) is 24.9 Å². The number of aromatic nitrogens is 5. The Labute approximate surface area is 324 Å². The minimum Gasteiger partial charge on any atom is -0.253 e. The molecule has 10 rings (SSSR count). The van der Waals surface area contributed by atoms with Crippen LogP contribution in [0.1, 0.15) is 0 Å². The molecule has 0 radical (unpaired) electrons. The first kappa shape index (κ1) is 33.0. The molecule has 10 aromatic rings. The second-order valence-corrected chi connectivity index (χ2v) is 13.7. The average molecular weight is 716 g/mol. The van der Waals surface area contributed by atoms with Crippen molar-refractivity contribution in [2.45, 2.75) is 0 Å². The second-order valence-electron chi connectivity index (χ2n) is 13.7. The van der Waals surface area contributed by atoms with Gasteiger partial charge in [-0.25, -0.2) is 19.9 Å². The Morgan fingerprint density at radius 1 is 0.286 bits per heavy atom. The molecule has 262 valence electrons. The lowest BCUT2D eigenvalue weighted by molar-refractivity contribution is 1.15. The summed E-state index contributed by atoms with van der Waals surface area (Å²) in [5.74, 6) is 0.593. The summed E-state index contributed by atoms with van der Waals surface area (Å²) >= 11 is 0. The molecule has 5 heteroatoms. The zero-order chi connectivity index (χ0) is 37.3. The SMILES string of the molecule is c1ccc(-c2cc(-c3cccc(-c4ccc(-c5cc(-c6ccccc6)nc6c5ccc5ccc(-c7ccccc7)nc56)cc4)c3)nc(-c3ccccn3)n2)cc1. The third kappa shape index (κ3) is 6.37. The molecule has 0 unspecified atom stereocenters. The zero-order valence-electron chi connectivity index (χ0n) is 30.3. The lowest BCUT2D eigenvalue weighted by Gasteiger charge is -2.14. The van der Waals surface area contributed by atoms with Crippen molar-refractivity contribution in [3.8, 4) is 78.8 Å². The number of hydrogen-bond donors (Lipinski definition) is 0. The predicted octanol–water partition coefficient (Wildman–Crippen LogP) is 12.6. The van der Waals surface area contributed by atoms with Crippen molar-refractivity contribution >= 4 is 21.8 Å². The van der Waals surface area contributed by atoms with Gasteiger partial charge >= 0.3 is 0 Å². The minimum atomic E-state index is 0.593. The van der Waals surface area contributed by atoms with Crippen LogP contribution in [0.25, 0.3) is 101 Å². The summed E-state index contributed by atoms with van der Waals surface area (Å²) < 4.78 is 0. The summed E-state index contributed by atoms with van der Waals surface area (Å²) in [6, 6.07) is 66.9. The Balaban J connectivity index is 1.06. The number of hydrogen-bond acceptors (Lipinski definition) is 5. The monoisotopic (exact) mass is 715 g/mol. The van der Waals surface area contributed by atoms with E-state index in [1.807, 2.05) is 60.7 Å². The van der Waals surface area contributed by atoms with Crippen molar-refractivity contribution in [2.24, 2.45) is 0 Å². The lowest BCUT2D eigenvalue weighted by atomic mass is 9.94. The summed E-state index contributed by atoms with van der Waals surface area (Å²) in [6.45, 7) is 0. The lowest BCUT2D eigenvalue weighted by Crippen LogP contribution is -1.97. The molecule has 0 atom stereocenters. The molecule has 0 amide bonds. The third-order valence-corrected chi connectivity index (χ3v) is 10.2. The van der Waals surface area contributed by atoms with Crippen molar-refractivity contribution in [1.82, 2.24) is 24.9 Å². The molecule has 0 aliphatic carbocycles. The molecule has 0 aliphatic heterocycles. The van der Waals surface area contributed by atoms with Crippen LogP contribution < -0.4 is 0 Å². The van der Waals surface area contributed by atoms with Crippen LogP contribution >= 0.6 is 0 Å². The predicted molar refractivity (Wildman–Crippen MR) is 228 cm³/mol. The van der Waals surface area contributed by atoms with E-state index in [0.29, 0.717) is 5.82 Å². The van der Waals surface area contributed by atoms with Gasteiger partial charge in [-0.15, -0.1) is 0 Å². The fraction of sp³-hybridized carbons (Fsp3) is 0. The van der Waals surface area contributed by atoms with E-state index in [2.05, 4.69) is 138 Å². The number of benzene rings is 6. The third-order valence-electron chi connectivity index (χ3n) is 10.2. The molecule has 56 heavy (non-hydrogen) atoms. The fourth-order valence-corrected chi connectivity index (χ4v) is 7.30. The van der Waals surface area contributed by atoms with Gasteiger partial charge in [0, 0.05) is 39.2 Å². The highest BCUT2D eigenvalue weighted by Gasteiger charge is 2.16. The largest absolute Gasteiger partial charge is 0.253 e. The number of fused-ring (bicyclic) bond motifs is 3. The first-order valence-electron chi connectivity index (χ1n) is 18.7. The zero-order valence-corrected chi connectivity index (χ0v) is 30.3. The van der Waals surface area contributed by atoms with E-state index < -0.39 is 0 Å². The van der Waals surface area contributed by atoms with E-state index in [0.717, 1.165) is 94.8 Å². The number of pyridine rings is 3. The molecule has 4 heterocycles. The molecular formula is C51H33N5. The standard InChI is InChI=1S/C51H33N5/c1-4-13-36(14-5-1)44-29-27-39-26-28-42-43(32-46(37-15-6-2-7-16-37)54-50(42)49(39)53-44)35-24-22-34(23-25-35)40-19-12-20-41(31-40)48-33-47(38-17-8-3-9-18-38)55-51(56-48)45-21-10-11-30-52-45/h1-33H. The quantitative estimate of drug-likeness (QED) is 0.154. The average Bonchev–Trinajstić information content (AvgIpc) is 3.29. The van der Waals surface area contributed by atoms with Crippen LogP contribution in [0.3, 0.4) is 0 Å². The molecule has 4 aromatic heterocycles. The number of nitrogens with zero attached hydrogens (tertiary/aromatic N) is 5. The fourth-order valence-electron chi connectivity index (χ4n) is 7.30. The molecule has 0 fully saturated rings. The van der Waals surface area contributed by atoms with Crippen LogP contribution in [-0.2, 0) is 0 Å². The van der Waals surface area contributed by atoms with Crippen LogP contribution in [0.4, 0.5) is 0 Å². The van der Waals surface area contributed by atoms with E-state index in [9.17, 15) is 0 Å². The maximum absolute atomic E-state index is 5.27. The smallest absolute Gasteiger partial charge is 0.179 e. The summed E-state index contributed by atoms with van der Waals surface area (Å²) in [4.78, 5) is 25.0. The van der Waals surface area contributed by atoms with E-state index >= 15 is 0 Å². The Morgan fingerprint density at radius 2 is 0.839 bits per heavy atom. The maximum atomic E-state index is 5.27. The van der Waals surface area contributed by atoms with Gasteiger partial charge in [0.25, 0.3) is 0 Å². The highest BCUT2D eigenvalue weighted by atomic mass is 14.9. The van der Waals surface area contributed by atoms with E-state index in [4.69, 9.17) is 19.9 Å². The van der Waals surface area contributed by atoms with E-state index in [1.165, 1.54) is 0 Å². The first-order valence-corrected chi connectivity index (χ1v) is 18.7. The van der Waals surface area contributed by atoms with Crippen molar-refractivity contribution in [3.63, 3.8) is 0 Å². The van der Waals surface area contributed by atoms with Crippen LogP contribution in [0, 0.1) is 0 Å². The van der Waals surface area contributed by atoms with Crippen molar-refractivity contribution in [2.75, 3.05) is 0 Å². The normalized spacial score (nSPS) is 11.2. The molecule has 0 aliphatic rings. The second kappa shape index (κ2) is 14.3. The van der Waals surface area contributed by atoms with Crippen molar-refractivity contribution in [3.05, 3.63) is 200 Å². The molecule has 0 saturated carbocycles. The molecule has 0 N–H and O–H groups in total. The summed E-state index contributed by atoms with van der Waals surface area (Å²) in [6.07, 6.45) is 1.77. The van der Waals surface area contributed by atoms with Crippen LogP contribution in [0.5, 0.6) is 0 Å². The van der Waals surface area contributed by atoms with Gasteiger partial charge in [0.2, 0.25) is 0 Å². The van der Waals surface area contributed by atoms with Gasteiger partial charge < -0.3 is 0 Å². The van der Waals surface area contributed by atoms with Gasteiger partial charge in [0.1, 0.15) is 5.69 Å². The highest BCUT2D eigenvalue weighted by molar-refractivity contribution is 6.09. The number of rotatable bonds is 7. The summed E-state index contributed by atoms with van der Waals surface area (Å²) in [7, 11) is 0. The van der Waals surface area contributed by atoms with Crippen LogP contribution in [0.15, 0.2) is 200 Å². The Bertz CT molecular complexity index is 2930. The summed E-state index contributed by atoms with van der Waals surface area (Å²) in [5.41, 5.74) is 14.6. The van der Waals surface area contributed by atoms with Gasteiger partial charge in [-0.2, -0.15) is 0 Å².